The highest BCUT2D eigenvalue weighted by atomic mass is 32.1. The third kappa shape index (κ3) is 3.47. The number of benzene rings is 1. The molecule has 0 unspecified atom stereocenters. The predicted molar refractivity (Wildman–Crippen MR) is 116 cm³/mol. The number of piperidine rings is 1. The molecule has 0 bridgehead atoms. The zero-order valence-electron chi connectivity index (χ0n) is 16.2. The average Bonchev–Trinajstić information content (AvgIpc) is 3.18. The van der Waals surface area contributed by atoms with Gasteiger partial charge in [-0.05, 0) is 36.6 Å². The third-order valence-electron chi connectivity index (χ3n) is 5.56. The van der Waals surface area contributed by atoms with Crippen LogP contribution < -0.4 is 10.2 Å². The first-order chi connectivity index (χ1) is 14.7. The molecule has 0 spiro atoms. The van der Waals surface area contributed by atoms with Crippen molar-refractivity contribution in [3.05, 3.63) is 60.4 Å². The molecule has 1 fully saturated rings. The molecule has 8 heteroatoms. The molecule has 0 atom stereocenters. The number of nitrogens with one attached hydrogen (secondary N) is 1. The second-order valence-corrected chi connectivity index (χ2v) is 8.48. The van der Waals surface area contributed by atoms with E-state index in [1.807, 2.05) is 18.2 Å². The molecule has 0 aliphatic carbocycles. The molecule has 30 heavy (non-hydrogen) atoms. The van der Waals surface area contributed by atoms with Crippen LogP contribution in [0.3, 0.4) is 0 Å². The molecule has 4 heterocycles. The minimum absolute atomic E-state index is 0.0184. The summed E-state index contributed by atoms with van der Waals surface area (Å²) in [5.41, 5.74) is 1.65. The SMILES string of the molecule is O=C(NCc1cccnc1)C1CCN(c2ncnc3c2sc2cccc(F)c23)CC1. The number of amides is 1. The number of fused-ring (bicyclic) bond motifs is 3. The van der Waals surface area contributed by atoms with Gasteiger partial charge in [-0.15, -0.1) is 11.3 Å². The van der Waals surface area contributed by atoms with E-state index in [1.165, 1.54) is 23.7 Å². The number of anilines is 1. The molecule has 0 radical (unpaired) electrons. The Labute approximate surface area is 176 Å². The number of pyridine rings is 1. The zero-order valence-corrected chi connectivity index (χ0v) is 17.0. The molecule has 1 saturated heterocycles. The van der Waals surface area contributed by atoms with Crippen LogP contribution in [0.5, 0.6) is 0 Å². The molecule has 1 aliphatic rings. The van der Waals surface area contributed by atoms with Crippen molar-refractivity contribution in [3.63, 3.8) is 0 Å². The molecule has 3 aromatic heterocycles. The van der Waals surface area contributed by atoms with Gasteiger partial charge in [0.2, 0.25) is 5.91 Å². The van der Waals surface area contributed by atoms with E-state index in [0.29, 0.717) is 17.4 Å². The van der Waals surface area contributed by atoms with Gasteiger partial charge in [-0.1, -0.05) is 12.1 Å². The van der Waals surface area contributed by atoms with Crippen LogP contribution in [0.4, 0.5) is 10.2 Å². The van der Waals surface area contributed by atoms with Crippen LogP contribution in [0.15, 0.2) is 49.1 Å². The molecule has 1 aromatic carbocycles. The van der Waals surface area contributed by atoms with Gasteiger partial charge in [-0.3, -0.25) is 9.78 Å². The van der Waals surface area contributed by atoms with E-state index in [2.05, 4.69) is 25.2 Å². The number of rotatable bonds is 4. The zero-order chi connectivity index (χ0) is 20.5. The predicted octanol–water partition coefficient (Wildman–Crippen LogP) is 3.91. The van der Waals surface area contributed by atoms with E-state index in [4.69, 9.17) is 0 Å². The van der Waals surface area contributed by atoms with Gasteiger partial charge in [0.15, 0.2) is 0 Å². The molecular weight excluding hydrogens is 401 g/mol. The summed E-state index contributed by atoms with van der Waals surface area (Å²) in [6.45, 7) is 1.95. The first-order valence-corrected chi connectivity index (χ1v) is 10.8. The van der Waals surface area contributed by atoms with Gasteiger partial charge in [0, 0.05) is 42.6 Å². The van der Waals surface area contributed by atoms with Gasteiger partial charge in [0.1, 0.15) is 18.0 Å². The highest BCUT2D eigenvalue weighted by molar-refractivity contribution is 7.26. The lowest BCUT2D eigenvalue weighted by atomic mass is 9.96. The van der Waals surface area contributed by atoms with Crippen LogP contribution in [0.1, 0.15) is 18.4 Å². The lowest BCUT2D eigenvalue weighted by Crippen LogP contribution is -2.40. The highest BCUT2D eigenvalue weighted by Gasteiger charge is 2.27. The van der Waals surface area contributed by atoms with E-state index in [9.17, 15) is 9.18 Å². The lowest BCUT2D eigenvalue weighted by molar-refractivity contribution is -0.125. The van der Waals surface area contributed by atoms with Crippen LogP contribution >= 0.6 is 11.3 Å². The van der Waals surface area contributed by atoms with Gasteiger partial charge < -0.3 is 10.2 Å². The fourth-order valence-electron chi connectivity index (χ4n) is 3.98. The van der Waals surface area contributed by atoms with Crippen LogP contribution in [0.2, 0.25) is 0 Å². The standard InChI is InChI=1S/C22H20FN5OS/c23-16-4-1-5-17-18(16)19-20(30-17)21(27-13-26-19)28-9-6-15(7-10-28)22(29)25-12-14-3-2-8-24-11-14/h1-5,8,11,13,15H,6-7,9-10,12H2,(H,25,29). The lowest BCUT2D eigenvalue weighted by Gasteiger charge is -2.32. The summed E-state index contributed by atoms with van der Waals surface area (Å²) in [7, 11) is 0. The largest absolute Gasteiger partial charge is 0.355 e. The van der Waals surface area contributed by atoms with E-state index < -0.39 is 0 Å². The first kappa shape index (κ1) is 18.9. The molecule has 4 aromatic rings. The number of nitrogens with zero attached hydrogens (tertiary/aromatic N) is 4. The number of carbonyl (C=O) groups excluding carboxylic acids is 1. The Bertz CT molecular complexity index is 1200. The number of carbonyl (C=O) groups is 1. The topological polar surface area (TPSA) is 71.0 Å². The van der Waals surface area contributed by atoms with Gasteiger partial charge in [-0.25, -0.2) is 14.4 Å². The first-order valence-electron chi connectivity index (χ1n) is 9.94. The fourth-order valence-corrected chi connectivity index (χ4v) is 5.17. The maximum Gasteiger partial charge on any atom is 0.223 e. The summed E-state index contributed by atoms with van der Waals surface area (Å²) in [6.07, 6.45) is 6.49. The van der Waals surface area contributed by atoms with E-state index in [0.717, 1.165) is 46.7 Å². The summed E-state index contributed by atoms with van der Waals surface area (Å²) >= 11 is 1.52. The molecule has 1 aliphatic heterocycles. The van der Waals surface area contributed by atoms with Crippen molar-refractivity contribution in [1.82, 2.24) is 20.3 Å². The summed E-state index contributed by atoms with van der Waals surface area (Å²) in [4.78, 5) is 27.7. The van der Waals surface area contributed by atoms with Crippen LogP contribution in [-0.2, 0) is 11.3 Å². The van der Waals surface area contributed by atoms with Crippen molar-refractivity contribution in [2.45, 2.75) is 19.4 Å². The second-order valence-electron chi connectivity index (χ2n) is 7.43. The average molecular weight is 422 g/mol. The normalized spacial score (nSPS) is 15.0. The molecule has 1 amide bonds. The van der Waals surface area contributed by atoms with Crippen molar-refractivity contribution in [2.75, 3.05) is 18.0 Å². The van der Waals surface area contributed by atoms with E-state index in [-0.39, 0.29) is 17.6 Å². The highest BCUT2D eigenvalue weighted by Crippen LogP contribution is 2.39. The minimum Gasteiger partial charge on any atom is -0.355 e. The summed E-state index contributed by atoms with van der Waals surface area (Å²) < 4.78 is 16.1. The van der Waals surface area contributed by atoms with Gasteiger partial charge in [0.05, 0.1) is 15.6 Å². The summed E-state index contributed by atoms with van der Waals surface area (Å²) in [5, 5.41) is 3.58. The Morgan fingerprint density at radius 3 is 2.87 bits per heavy atom. The van der Waals surface area contributed by atoms with Crippen molar-refractivity contribution in [1.29, 1.82) is 0 Å². The quantitative estimate of drug-likeness (QED) is 0.541. The van der Waals surface area contributed by atoms with Gasteiger partial charge in [-0.2, -0.15) is 0 Å². The number of hydrogen-bond acceptors (Lipinski definition) is 6. The van der Waals surface area contributed by atoms with E-state index >= 15 is 0 Å². The maximum atomic E-state index is 14.3. The summed E-state index contributed by atoms with van der Waals surface area (Å²) in [5.74, 6) is 0.632. The van der Waals surface area contributed by atoms with Crippen molar-refractivity contribution < 1.29 is 9.18 Å². The van der Waals surface area contributed by atoms with Crippen molar-refractivity contribution >= 4 is 43.4 Å². The Kier molecular flexibility index (Phi) is 5.00. The molecule has 0 saturated carbocycles. The summed E-state index contributed by atoms with van der Waals surface area (Å²) in [6, 6.07) is 8.90. The Morgan fingerprint density at radius 1 is 1.20 bits per heavy atom. The maximum absolute atomic E-state index is 14.3. The fraction of sp³-hybridized carbons (Fsp3) is 0.273. The second kappa shape index (κ2) is 7.95. The van der Waals surface area contributed by atoms with Crippen LogP contribution in [0, 0.1) is 11.7 Å². The molecule has 6 nitrogen and oxygen atoms in total. The smallest absolute Gasteiger partial charge is 0.223 e. The number of aromatic nitrogens is 3. The van der Waals surface area contributed by atoms with Crippen LogP contribution in [-0.4, -0.2) is 33.9 Å². The number of thiophene rings is 1. The molecule has 5 rings (SSSR count). The monoisotopic (exact) mass is 421 g/mol. The molecule has 1 N–H and O–H groups in total. The Balaban J connectivity index is 1.30. The minimum atomic E-state index is -0.257. The third-order valence-corrected chi connectivity index (χ3v) is 6.70. The Hall–Kier alpha value is -3.13. The number of hydrogen-bond donors (Lipinski definition) is 1. The van der Waals surface area contributed by atoms with Crippen molar-refractivity contribution in [2.24, 2.45) is 5.92 Å². The Morgan fingerprint density at radius 2 is 2.07 bits per heavy atom. The molecule has 152 valence electrons. The van der Waals surface area contributed by atoms with E-state index in [1.54, 1.807) is 18.5 Å². The van der Waals surface area contributed by atoms with Crippen LogP contribution in [0.25, 0.3) is 20.3 Å². The van der Waals surface area contributed by atoms with Gasteiger partial charge in [0.25, 0.3) is 0 Å². The number of halogens is 1. The molecular formula is C22H20FN5OS. The van der Waals surface area contributed by atoms with Gasteiger partial charge >= 0.3 is 0 Å². The van der Waals surface area contributed by atoms with Crippen molar-refractivity contribution in [3.8, 4) is 0 Å².